The number of fused-ring (bicyclic) bond motifs is 1. The molecular weight excluding hydrogens is 304 g/mol. The molecular formula is C19H18N2O3. The fourth-order valence-electron chi connectivity index (χ4n) is 2.65. The molecule has 3 aromatic rings. The number of hydrogen-bond donors (Lipinski definition) is 1. The Labute approximate surface area is 139 Å². The largest absolute Gasteiger partial charge is 0.468 e. The van der Waals surface area contributed by atoms with Gasteiger partial charge in [-0.3, -0.25) is 9.59 Å². The Morgan fingerprint density at radius 1 is 1.04 bits per heavy atom. The molecule has 0 aliphatic rings. The molecule has 0 aliphatic heterocycles. The Hall–Kier alpha value is -3.08. The number of esters is 1. The van der Waals surface area contributed by atoms with E-state index in [0.717, 1.165) is 16.5 Å². The zero-order chi connectivity index (χ0) is 16.9. The number of benzene rings is 2. The average molecular weight is 322 g/mol. The number of nitrogens with one attached hydrogen (secondary N) is 1. The molecule has 0 fully saturated rings. The maximum atomic E-state index is 12.5. The number of para-hydroxylation sites is 1. The van der Waals surface area contributed by atoms with Crippen LogP contribution >= 0.6 is 0 Å². The van der Waals surface area contributed by atoms with Crippen LogP contribution in [0.5, 0.6) is 0 Å². The molecule has 1 amide bonds. The third kappa shape index (κ3) is 3.30. The minimum Gasteiger partial charge on any atom is -0.468 e. The van der Waals surface area contributed by atoms with Gasteiger partial charge in [-0.15, -0.1) is 0 Å². The summed E-state index contributed by atoms with van der Waals surface area (Å²) in [6, 6.07) is 19.6. The SMILES string of the molecule is COC(=O)CNC(=O)c1cc2ccccc2n1Cc1ccccc1. The van der Waals surface area contributed by atoms with Crippen LogP contribution in [0.2, 0.25) is 0 Å². The molecule has 0 saturated carbocycles. The Morgan fingerprint density at radius 2 is 1.75 bits per heavy atom. The Morgan fingerprint density at radius 3 is 2.50 bits per heavy atom. The van der Waals surface area contributed by atoms with Crippen LogP contribution in [-0.2, 0) is 16.1 Å². The van der Waals surface area contributed by atoms with Crippen LogP contribution < -0.4 is 5.32 Å². The topological polar surface area (TPSA) is 60.3 Å². The van der Waals surface area contributed by atoms with E-state index in [1.807, 2.05) is 65.2 Å². The summed E-state index contributed by atoms with van der Waals surface area (Å²) < 4.78 is 6.52. The number of nitrogens with zero attached hydrogens (tertiary/aromatic N) is 1. The lowest BCUT2D eigenvalue weighted by Crippen LogP contribution is -2.31. The van der Waals surface area contributed by atoms with E-state index in [2.05, 4.69) is 10.1 Å². The highest BCUT2D eigenvalue weighted by Crippen LogP contribution is 2.21. The maximum absolute atomic E-state index is 12.5. The van der Waals surface area contributed by atoms with Gasteiger partial charge in [0, 0.05) is 17.4 Å². The first-order chi connectivity index (χ1) is 11.7. The molecule has 5 nitrogen and oxygen atoms in total. The van der Waals surface area contributed by atoms with Crippen molar-refractivity contribution in [1.82, 2.24) is 9.88 Å². The molecule has 1 heterocycles. The van der Waals surface area contributed by atoms with Gasteiger partial charge in [-0.2, -0.15) is 0 Å². The number of hydrogen-bond acceptors (Lipinski definition) is 3. The molecule has 122 valence electrons. The molecule has 1 N–H and O–H groups in total. The van der Waals surface area contributed by atoms with Gasteiger partial charge in [-0.05, 0) is 17.7 Å². The summed E-state index contributed by atoms with van der Waals surface area (Å²) in [5.41, 5.74) is 2.59. The number of aromatic nitrogens is 1. The quantitative estimate of drug-likeness (QED) is 0.735. The van der Waals surface area contributed by atoms with Crippen molar-refractivity contribution in [3.8, 4) is 0 Å². The first-order valence-corrected chi connectivity index (χ1v) is 7.66. The van der Waals surface area contributed by atoms with E-state index in [-0.39, 0.29) is 12.5 Å². The Kier molecular flexibility index (Phi) is 4.61. The average Bonchev–Trinajstić information content (AvgIpc) is 2.99. The molecule has 0 bridgehead atoms. The molecule has 24 heavy (non-hydrogen) atoms. The van der Waals surface area contributed by atoms with Gasteiger partial charge in [-0.25, -0.2) is 0 Å². The minimum absolute atomic E-state index is 0.151. The number of rotatable bonds is 5. The number of carbonyl (C=O) groups is 2. The van der Waals surface area contributed by atoms with Crippen molar-refractivity contribution >= 4 is 22.8 Å². The van der Waals surface area contributed by atoms with Crippen LogP contribution in [-0.4, -0.2) is 30.1 Å². The van der Waals surface area contributed by atoms with E-state index in [1.165, 1.54) is 7.11 Å². The van der Waals surface area contributed by atoms with Crippen molar-refractivity contribution in [2.75, 3.05) is 13.7 Å². The first kappa shape index (κ1) is 15.8. The number of methoxy groups -OCH3 is 1. The highest BCUT2D eigenvalue weighted by Gasteiger charge is 2.16. The molecule has 0 atom stereocenters. The smallest absolute Gasteiger partial charge is 0.325 e. The highest BCUT2D eigenvalue weighted by atomic mass is 16.5. The monoisotopic (exact) mass is 322 g/mol. The van der Waals surface area contributed by atoms with E-state index in [0.29, 0.717) is 12.2 Å². The number of ether oxygens (including phenoxy) is 1. The van der Waals surface area contributed by atoms with Crippen molar-refractivity contribution in [1.29, 1.82) is 0 Å². The van der Waals surface area contributed by atoms with Gasteiger partial charge in [0.2, 0.25) is 0 Å². The lowest BCUT2D eigenvalue weighted by atomic mass is 10.2. The lowest BCUT2D eigenvalue weighted by molar-refractivity contribution is -0.139. The lowest BCUT2D eigenvalue weighted by Gasteiger charge is -2.11. The molecule has 0 aliphatic carbocycles. The third-order valence-electron chi connectivity index (χ3n) is 3.85. The molecule has 3 rings (SSSR count). The van der Waals surface area contributed by atoms with E-state index in [4.69, 9.17) is 0 Å². The summed E-state index contributed by atoms with van der Waals surface area (Å²) in [7, 11) is 1.29. The maximum Gasteiger partial charge on any atom is 0.325 e. The zero-order valence-corrected chi connectivity index (χ0v) is 13.4. The van der Waals surface area contributed by atoms with Gasteiger partial charge in [0.25, 0.3) is 5.91 Å². The van der Waals surface area contributed by atoms with Crippen LogP contribution in [0.3, 0.4) is 0 Å². The summed E-state index contributed by atoms with van der Waals surface area (Å²) >= 11 is 0. The molecule has 1 aromatic heterocycles. The second-order valence-corrected chi connectivity index (χ2v) is 5.42. The summed E-state index contributed by atoms with van der Waals surface area (Å²) in [6.07, 6.45) is 0. The Bertz CT molecular complexity index is 869. The van der Waals surface area contributed by atoms with Crippen LogP contribution in [0, 0.1) is 0 Å². The number of amides is 1. The zero-order valence-electron chi connectivity index (χ0n) is 13.4. The van der Waals surface area contributed by atoms with Crippen molar-refractivity contribution in [2.24, 2.45) is 0 Å². The van der Waals surface area contributed by atoms with Crippen molar-refractivity contribution < 1.29 is 14.3 Å². The summed E-state index contributed by atoms with van der Waals surface area (Å²) in [5, 5.41) is 3.59. The van der Waals surface area contributed by atoms with Gasteiger partial charge in [0.1, 0.15) is 12.2 Å². The molecule has 0 spiro atoms. The molecule has 0 radical (unpaired) electrons. The predicted molar refractivity (Wildman–Crippen MR) is 91.8 cm³/mol. The summed E-state index contributed by atoms with van der Waals surface area (Å²) in [4.78, 5) is 23.8. The normalized spacial score (nSPS) is 10.5. The molecule has 0 saturated heterocycles. The van der Waals surface area contributed by atoms with Crippen LogP contribution in [0.1, 0.15) is 16.1 Å². The van der Waals surface area contributed by atoms with Gasteiger partial charge in [-0.1, -0.05) is 48.5 Å². The standard InChI is InChI=1S/C19H18N2O3/c1-24-18(22)12-20-19(23)17-11-15-9-5-6-10-16(15)21(17)13-14-7-3-2-4-8-14/h2-11H,12-13H2,1H3,(H,20,23). The fraction of sp³-hybridized carbons (Fsp3) is 0.158. The Balaban J connectivity index is 1.95. The summed E-state index contributed by atoms with van der Waals surface area (Å²) in [5.74, 6) is -0.776. The van der Waals surface area contributed by atoms with Crippen LogP contribution in [0.15, 0.2) is 60.7 Å². The van der Waals surface area contributed by atoms with E-state index >= 15 is 0 Å². The third-order valence-corrected chi connectivity index (χ3v) is 3.85. The van der Waals surface area contributed by atoms with Gasteiger partial charge < -0.3 is 14.6 Å². The van der Waals surface area contributed by atoms with E-state index in [9.17, 15) is 9.59 Å². The second-order valence-electron chi connectivity index (χ2n) is 5.42. The highest BCUT2D eigenvalue weighted by molar-refractivity contribution is 5.99. The van der Waals surface area contributed by atoms with Gasteiger partial charge in [0.05, 0.1) is 7.11 Å². The molecule has 5 heteroatoms. The van der Waals surface area contributed by atoms with Crippen LogP contribution in [0.4, 0.5) is 0 Å². The van der Waals surface area contributed by atoms with Crippen molar-refractivity contribution in [3.05, 3.63) is 71.9 Å². The summed E-state index contributed by atoms with van der Waals surface area (Å²) in [6.45, 7) is 0.428. The van der Waals surface area contributed by atoms with Crippen LogP contribution in [0.25, 0.3) is 10.9 Å². The first-order valence-electron chi connectivity index (χ1n) is 7.66. The van der Waals surface area contributed by atoms with Gasteiger partial charge >= 0.3 is 5.97 Å². The van der Waals surface area contributed by atoms with E-state index < -0.39 is 5.97 Å². The van der Waals surface area contributed by atoms with Gasteiger partial charge in [0.15, 0.2) is 0 Å². The second kappa shape index (κ2) is 7.00. The fourth-order valence-corrected chi connectivity index (χ4v) is 2.65. The number of carbonyl (C=O) groups excluding carboxylic acids is 2. The van der Waals surface area contributed by atoms with E-state index in [1.54, 1.807) is 0 Å². The molecule has 0 unspecified atom stereocenters. The van der Waals surface area contributed by atoms with Crippen molar-refractivity contribution in [3.63, 3.8) is 0 Å². The van der Waals surface area contributed by atoms with Crippen molar-refractivity contribution in [2.45, 2.75) is 6.54 Å². The minimum atomic E-state index is -0.478. The molecule has 2 aromatic carbocycles. The predicted octanol–water partition coefficient (Wildman–Crippen LogP) is 2.59.